The summed E-state index contributed by atoms with van der Waals surface area (Å²) in [4.78, 5) is 49.3. The molecule has 0 bridgehead atoms. The molecule has 1 atom stereocenters. The normalized spacial score (nSPS) is 15.0. The van der Waals surface area contributed by atoms with Crippen LogP contribution in [0.15, 0.2) is 66.7 Å². The molecule has 1 aliphatic heterocycles. The standard InChI is InChI=1S/C27H24N2O7/c1-17-3-6-22(13-18(17)2)28-15-20(14-26(28)31)27(32)35-16-25(30)19-4-9-23(10-5-19)36-24-11-7-21(8-12-24)29(33)34/h3-13,20H,14-16H2,1-2H3/t20-/m1/s1. The van der Waals surface area contributed by atoms with Crippen LogP contribution < -0.4 is 9.64 Å². The third kappa shape index (κ3) is 5.57. The van der Waals surface area contributed by atoms with Crippen LogP contribution in [0.2, 0.25) is 0 Å². The van der Waals surface area contributed by atoms with Crippen LogP contribution in [0.25, 0.3) is 0 Å². The molecule has 1 saturated heterocycles. The Morgan fingerprint density at radius 2 is 1.61 bits per heavy atom. The van der Waals surface area contributed by atoms with E-state index in [-0.39, 0.29) is 30.3 Å². The quantitative estimate of drug-likeness (QED) is 0.194. The van der Waals surface area contributed by atoms with E-state index in [4.69, 9.17) is 9.47 Å². The molecule has 4 rings (SSSR count). The molecule has 36 heavy (non-hydrogen) atoms. The summed E-state index contributed by atoms with van der Waals surface area (Å²) in [6, 6.07) is 17.6. The van der Waals surface area contributed by atoms with Crippen molar-refractivity contribution in [2.45, 2.75) is 20.3 Å². The van der Waals surface area contributed by atoms with Gasteiger partial charge >= 0.3 is 5.97 Å². The average Bonchev–Trinajstić information content (AvgIpc) is 3.26. The Morgan fingerprint density at radius 3 is 2.22 bits per heavy atom. The molecule has 1 fully saturated rings. The Bertz CT molecular complexity index is 1320. The van der Waals surface area contributed by atoms with Crippen LogP contribution in [0.4, 0.5) is 11.4 Å². The lowest BCUT2D eigenvalue weighted by Crippen LogP contribution is -2.27. The third-order valence-corrected chi connectivity index (χ3v) is 6.07. The van der Waals surface area contributed by atoms with Gasteiger partial charge in [-0.3, -0.25) is 24.5 Å². The topological polar surface area (TPSA) is 116 Å². The van der Waals surface area contributed by atoms with E-state index < -0.39 is 23.4 Å². The van der Waals surface area contributed by atoms with Gasteiger partial charge in [0.2, 0.25) is 5.91 Å². The number of amides is 1. The van der Waals surface area contributed by atoms with Gasteiger partial charge in [0.15, 0.2) is 12.4 Å². The second kappa shape index (κ2) is 10.4. The third-order valence-electron chi connectivity index (χ3n) is 6.07. The van der Waals surface area contributed by atoms with Crippen molar-refractivity contribution in [2.24, 2.45) is 5.92 Å². The lowest BCUT2D eigenvalue weighted by Gasteiger charge is -2.17. The number of carbonyl (C=O) groups is 3. The monoisotopic (exact) mass is 488 g/mol. The molecule has 1 amide bonds. The number of nitro groups is 1. The van der Waals surface area contributed by atoms with E-state index in [0.29, 0.717) is 17.1 Å². The van der Waals surface area contributed by atoms with Crippen LogP contribution in [0.3, 0.4) is 0 Å². The first kappa shape index (κ1) is 24.6. The Morgan fingerprint density at radius 1 is 0.972 bits per heavy atom. The number of carbonyl (C=O) groups excluding carboxylic acids is 3. The number of ketones is 1. The van der Waals surface area contributed by atoms with Crippen molar-refractivity contribution in [1.29, 1.82) is 0 Å². The smallest absolute Gasteiger partial charge is 0.311 e. The molecule has 9 nitrogen and oxygen atoms in total. The zero-order valence-corrected chi connectivity index (χ0v) is 19.8. The number of hydrogen-bond acceptors (Lipinski definition) is 7. The molecule has 0 N–H and O–H groups in total. The lowest BCUT2D eigenvalue weighted by atomic mass is 10.1. The Kier molecular flexibility index (Phi) is 7.10. The van der Waals surface area contributed by atoms with Crippen LogP contribution in [0.5, 0.6) is 11.5 Å². The first-order chi connectivity index (χ1) is 17.2. The number of benzene rings is 3. The molecule has 0 aromatic heterocycles. The maximum Gasteiger partial charge on any atom is 0.311 e. The van der Waals surface area contributed by atoms with E-state index in [1.165, 1.54) is 36.4 Å². The number of Topliss-reactive ketones (excluding diaryl/α,β-unsaturated/α-hetero) is 1. The average molecular weight is 488 g/mol. The molecule has 0 unspecified atom stereocenters. The Hall–Kier alpha value is -4.53. The Labute approximate surface area is 207 Å². The second-order valence-corrected chi connectivity index (χ2v) is 8.58. The van der Waals surface area contributed by atoms with Gasteiger partial charge in [-0.25, -0.2) is 0 Å². The number of hydrogen-bond donors (Lipinski definition) is 0. The first-order valence-corrected chi connectivity index (χ1v) is 11.3. The lowest BCUT2D eigenvalue weighted by molar-refractivity contribution is -0.384. The van der Waals surface area contributed by atoms with Crippen LogP contribution >= 0.6 is 0 Å². The molecule has 0 spiro atoms. The number of nitrogens with zero attached hydrogens (tertiary/aromatic N) is 2. The molecule has 3 aromatic rings. The molecule has 1 aliphatic rings. The van der Waals surface area contributed by atoms with Crippen molar-refractivity contribution in [3.63, 3.8) is 0 Å². The molecule has 0 aliphatic carbocycles. The fraction of sp³-hybridized carbons (Fsp3) is 0.222. The summed E-state index contributed by atoms with van der Waals surface area (Å²) in [5.74, 6) is -0.913. The number of aryl methyl sites for hydroxylation is 2. The van der Waals surface area contributed by atoms with Gasteiger partial charge in [-0.05, 0) is 73.5 Å². The minimum Gasteiger partial charge on any atom is -0.457 e. The highest BCUT2D eigenvalue weighted by atomic mass is 16.6. The van der Waals surface area contributed by atoms with Crippen LogP contribution in [-0.4, -0.2) is 35.7 Å². The largest absolute Gasteiger partial charge is 0.457 e. The van der Waals surface area contributed by atoms with Crippen molar-refractivity contribution in [1.82, 2.24) is 0 Å². The van der Waals surface area contributed by atoms with Crippen LogP contribution in [0.1, 0.15) is 27.9 Å². The van der Waals surface area contributed by atoms with Gasteiger partial charge in [0.1, 0.15) is 11.5 Å². The van der Waals surface area contributed by atoms with Crippen molar-refractivity contribution in [3.8, 4) is 11.5 Å². The molecule has 1 heterocycles. The summed E-state index contributed by atoms with van der Waals surface area (Å²) in [7, 11) is 0. The summed E-state index contributed by atoms with van der Waals surface area (Å²) in [6.07, 6.45) is 0.0363. The zero-order valence-electron chi connectivity index (χ0n) is 19.8. The van der Waals surface area contributed by atoms with E-state index in [9.17, 15) is 24.5 Å². The fourth-order valence-corrected chi connectivity index (χ4v) is 3.83. The predicted molar refractivity (Wildman–Crippen MR) is 131 cm³/mol. The number of rotatable bonds is 8. The number of anilines is 1. The SMILES string of the molecule is Cc1ccc(N2C[C@H](C(=O)OCC(=O)c3ccc(Oc4ccc([N+](=O)[O-])cc4)cc3)CC2=O)cc1C. The number of ether oxygens (including phenoxy) is 2. The number of esters is 1. The summed E-state index contributed by atoms with van der Waals surface area (Å²) >= 11 is 0. The van der Waals surface area contributed by atoms with E-state index in [2.05, 4.69) is 0 Å². The molecular formula is C27H24N2O7. The van der Waals surface area contributed by atoms with Crippen molar-refractivity contribution >= 4 is 29.0 Å². The van der Waals surface area contributed by atoms with Gasteiger partial charge in [0, 0.05) is 36.3 Å². The van der Waals surface area contributed by atoms with Crippen LogP contribution in [-0.2, 0) is 14.3 Å². The van der Waals surface area contributed by atoms with Crippen molar-refractivity contribution in [3.05, 3.63) is 93.5 Å². The Balaban J connectivity index is 1.29. The van der Waals surface area contributed by atoms with Gasteiger partial charge in [-0.1, -0.05) is 6.07 Å². The van der Waals surface area contributed by atoms with E-state index in [1.807, 2.05) is 32.0 Å². The second-order valence-electron chi connectivity index (χ2n) is 8.58. The fourth-order valence-electron chi connectivity index (χ4n) is 3.83. The minimum atomic E-state index is -0.635. The summed E-state index contributed by atoms with van der Waals surface area (Å²) in [5, 5.41) is 10.7. The van der Waals surface area contributed by atoms with Crippen molar-refractivity contribution in [2.75, 3.05) is 18.1 Å². The van der Waals surface area contributed by atoms with Gasteiger partial charge < -0.3 is 14.4 Å². The molecule has 3 aromatic carbocycles. The van der Waals surface area contributed by atoms with Crippen LogP contribution in [0, 0.1) is 29.9 Å². The van der Waals surface area contributed by atoms with Gasteiger partial charge in [0.25, 0.3) is 5.69 Å². The van der Waals surface area contributed by atoms with E-state index in [0.717, 1.165) is 16.8 Å². The maximum absolute atomic E-state index is 12.5. The first-order valence-electron chi connectivity index (χ1n) is 11.3. The zero-order chi connectivity index (χ0) is 25.8. The summed E-state index contributed by atoms with van der Waals surface area (Å²) < 4.78 is 10.8. The highest BCUT2D eigenvalue weighted by Gasteiger charge is 2.36. The van der Waals surface area contributed by atoms with Gasteiger partial charge in [0.05, 0.1) is 10.8 Å². The van der Waals surface area contributed by atoms with E-state index >= 15 is 0 Å². The highest BCUT2D eigenvalue weighted by molar-refractivity contribution is 6.01. The maximum atomic E-state index is 12.5. The molecule has 0 radical (unpaired) electrons. The highest BCUT2D eigenvalue weighted by Crippen LogP contribution is 2.28. The van der Waals surface area contributed by atoms with E-state index in [1.54, 1.807) is 17.0 Å². The molecule has 184 valence electrons. The van der Waals surface area contributed by atoms with Gasteiger partial charge in [-0.15, -0.1) is 0 Å². The van der Waals surface area contributed by atoms with Gasteiger partial charge in [-0.2, -0.15) is 0 Å². The number of non-ortho nitro benzene ring substituents is 1. The molecule has 0 saturated carbocycles. The summed E-state index contributed by atoms with van der Waals surface area (Å²) in [5.41, 5.74) is 3.20. The minimum absolute atomic E-state index is 0.0363. The number of nitro benzene ring substituents is 1. The molecule has 9 heteroatoms. The summed E-state index contributed by atoms with van der Waals surface area (Å²) in [6.45, 7) is 3.73. The predicted octanol–water partition coefficient (Wildman–Crippen LogP) is 4.78. The molecular weight excluding hydrogens is 464 g/mol. The van der Waals surface area contributed by atoms with Crippen molar-refractivity contribution < 1.29 is 28.8 Å².